The number of Topliss-reactive ketones (excluding diaryl/α,β-unsaturated/α-hetero) is 1. The number of carbonyl (C=O) groups is 2. The van der Waals surface area contributed by atoms with Crippen LogP contribution in [0.5, 0.6) is 0 Å². The van der Waals surface area contributed by atoms with Crippen molar-refractivity contribution in [3.05, 3.63) is 35.4 Å². The van der Waals surface area contributed by atoms with Crippen LogP contribution in [-0.2, 0) is 11.2 Å². The van der Waals surface area contributed by atoms with Gasteiger partial charge in [0.1, 0.15) is 0 Å². The van der Waals surface area contributed by atoms with E-state index in [0.29, 0.717) is 18.4 Å². The average Bonchev–Trinajstić information content (AvgIpc) is 2.28. The maximum absolute atomic E-state index is 11.5. The van der Waals surface area contributed by atoms with Gasteiger partial charge in [-0.3, -0.25) is 9.59 Å². The summed E-state index contributed by atoms with van der Waals surface area (Å²) >= 11 is 0. The van der Waals surface area contributed by atoms with Crippen molar-refractivity contribution < 1.29 is 9.59 Å². The summed E-state index contributed by atoms with van der Waals surface area (Å²) < 4.78 is 0. The molecule has 0 heterocycles. The second kappa shape index (κ2) is 6.18. The zero-order valence-corrected chi connectivity index (χ0v) is 10.6. The summed E-state index contributed by atoms with van der Waals surface area (Å²) in [7, 11) is 0. The molecule has 92 valence electrons. The average molecular weight is 233 g/mol. The molecule has 1 N–H and O–H groups in total. The van der Waals surface area contributed by atoms with Gasteiger partial charge in [0.15, 0.2) is 5.78 Å². The van der Waals surface area contributed by atoms with Crippen molar-refractivity contribution in [3.63, 3.8) is 0 Å². The molecule has 3 heteroatoms. The molecule has 0 saturated carbocycles. The van der Waals surface area contributed by atoms with E-state index in [1.807, 2.05) is 32.9 Å². The van der Waals surface area contributed by atoms with Gasteiger partial charge in [0.2, 0.25) is 5.91 Å². The van der Waals surface area contributed by atoms with Gasteiger partial charge >= 0.3 is 0 Å². The van der Waals surface area contributed by atoms with Gasteiger partial charge in [0.25, 0.3) is 0 Å². The number of nitrogens with one attached hydrogen (secondary N) is 1. The molecule has 0 saturated heterocycles. The molecule has 0 atom stereocenters. The topological polar surface area (TPSA) is 46.2 Å². The monoisotopic (exact) mass is 233 g/mol. The first-order valence-corrected chi connectivity index (χ1v) is 5.94. The fourth-order valence-electron chi connectivity index (χ4n) is 1.57. The minimum absolute atomic E-state index is 0.00886. The first-order valence-electron chi connectivity index (χ1n) is 5.94. The molecule has 1 aromatic carbocycles. The van der Waals surface area contributed by atoms with E-state index in [1.165, 1.54) is 0 Å². The van der Waals surface area contributed by atoms with Crippen LogP contribution >= 0.6 is 0 Å². The standard InChI is InChI=1S/C14H19NO2/c1-4-13(16)12-7-5-11(6-8-12)9-14(17)15-10(2)3/h5-8,10H,4,9H2,1-3H3,(H,15,17). The van der Waals surface area contributed by atoms with Gasteiger partial charge in [-0.15, -0.1) is 0 Å². The highest BCUT2D eigenvalue weighted by Crippen LogP contribution is 2.07. The molecule has 0 aliphatic rings. The van der Waals surface area contributed by atoms with Gasteiger partial charge in [-0.05, 0) is 19.4 Å². The molecule has 1 aromatic rings. The second-order valence-electron chi connectivity index (χ2n) is 4.37. The summed E-state index contributed by atoms with van der Waals surface area (Å²) in [5, 5.41) is 2.83. The first kappa shape index (κ1) is 13.4. The first-order chi connectivity index (χ1) is 8.02. The zero-order chi connectivity index (χ0) is 12.8. The molecule has 0 spiro atoms. The minimum atomic E-state index is 0.00886. The highest BCUT2D eigenvalue weighted by atomic mass is 16.1. The lowest BCUT2D eigenvalue weighted by atomic mass is 10.0. The van der Waals surface area contributed by atoms with E-state index in [0.717, 1.165) is 5.56 Å². The Kier molecular flexibility index (Phi) is 4.88. The minimum Gasteiger partial charge on any atom is -0.354 e. The van der Waals surface area contributed by atoms with Crippen LogP contribution < -0.4 is 5.32 Å². The lowest BCUT2D eigenvalue weighted by molar-refractivity contribution is -0.120. The van der Waals surface area contributed by atoms with Crippen LogP contribution in [0.4, 0.5) is 0 Å². The number of benzene rings is 1. The van der Waals surface area contributed by atoms with Crippen LogP contribution in [-0.4, -0.2) is 17.7 Å². The fraction of sp³-hybridized carbons (Fsp3) is 0.429. The quantitative estimate of drug-likeness (QED) is 0.793. The van der Waals surface area contributed by atoms with E-state index >= 15 is 0 Å². The van der Waals surface area contributed by atoms with Crippen molar-refractivity contribution >= 4 is 11.7 Å². The molecule has 17 heavy (non-hydrogen) atoms. The summed E-state index contributed by atoms with van der Waals surface area (Å²) in [6.07, 6.45) is 0.867. The van der Waals surface area contributed by atoms with Crippen LogP contribution in [0.25, 0.3) is 0 Å². The molecule has 0 bridgehead atoms. The van der Waals surface area contributed by atoms with Gasteiger partial charge < -0.3 is 5.32 Å². The molecule has 0 aromatic heterocycles. The number of rotatable bonds is 5. The molecule has 0 aliphatic heterocycles. The lowest BCUT2D eigenvalue weighted by Crippen LogP contribution is -2.31. The van der Waals surface area contributed by atoms with Crippen molar-refractivity contribution in [1.82, 2.24) is 5.32 Å². The summed E-state index contributed by atoms with van der Waals surface area (Å²) in [5.41, 5.74) is 1.64. The largest absolute Gasteiger partial charge is 0.354 e. The number of carbonyl (C=O) groups excluding carboxylic acids is 2. The SMILES string of the molecule is CCC(=O)c1ccc(CC(=O)NC(C)C)cc1. The maximum Gasteiger partial charge on any atom is 0.224 e. The highest BCUT2D eigenvalue weighted by Gasteiger charge is 2.06. The van der Waals surface area contributed by atoms with Crippen molar-refractivity contribution in [1.29, 1.82) is 0 Å². The van der Waals surface area contributed by atoms with Gasteiger partial charge in [-0.1, -0.05) is 31.2 Å². The van der Waals surface area contributed by atoms with Crippen LogP contribution in [0.3, 0.4) is 0 Å². The third-order valence-electron chi connectivity index (χ3n) is 2.41. The Morgan fingerprint density at radius 1 is 1.18 bits per heavy atom. The molecule has 0 aliphatic carbocycles. The lowest BCUT2D eigenvalue weighted by Gasteiger charge is -2.08. The Balaban J connectivity index is 2.62. The number of hydrogen-bond donors (Lipinski definition) is 1. The van der Waals surface area contributed by atoms with E-state index in [4.69, 9.17) is 0 Å². The molecule has 0 radical (unpaired) electrons. The summed E-state index contributed by atoms with van der Waals surface area (Å²) in [5.74, 6) is 0.137. The fourth-order valence-corrected chi connectivity index (χ4v) is 1.57. The van der Waals surface area contributed by atoms with E-state index in [1.54, 1.807) is 12.1 Å². The van der Waals surface area contributed by atoms with Crippen molar-refractivity contribution in [3.8, 4) is 0 Å². The predicted octanol–water partition coefficient (Wildman–Crippen LogP) is 2.35. The molecule has 0 fully saturated rings. The van der Waals surface area contributed by atoms with Crippen LogP contribution in [0, 0.1) is 0 Å². The number of ketones is 1. The Morgan fingerprint density at radius 3 is 2.24 bits per heavy atom. The van der Waals surface area contributed by atoms with E-state index in [-0.39, 0.29) is 17.7 Å². The van der Waals surface area contributed by atoms with Crippen LogP contribution in [0.2, 0.25) is 0 Å². The summed E-state index contributed by atoms with van der Waals surface area (Å²) in [6, 6.07) is 7.39. The third kappa shape index (κ3) is 4.39. The van der Waals surface area contributed by atoms with Gasteiger partial charge in [-0.2, -0.15) is 0 Å². The van der Waals surface area contributed by atoms with Crippen molar-refractivity contribution in [2.75, 3.05) is 0 Å². The zero-order valence-electron chi connectivity index (χ0n) is 10.6. The van der Waals surface area contributed by atoms with Gasteiger partial charge in [0, 0.05) is 18.0 Å². The predicted molar refractivity (Wildman–Crippen MR) is 68.0 cm³/mol. The van der Waals surface area contributed by atoms with E-state index < -0.39 is 0 Å². The van der Waals surface area contributed by atoms with Crippen LogP contribution in [0.1, 0.15) is 43.1 Å². The summed E-state index contributed by atoms with van der Waals surface area (Å²) in [4.78, 5) is 22.9. The smallest absolute Gasteiger partial charge is 0.224 e. The second-order valence-corrected chi connectivity index (χ2v) is 4.37. The third-order valence-corrected chi connectivity index (χ3v) is 2.41. The van der Waals surface area contributed by atoms with E-state index in [9.17, 15) is 9.59 Å². The van der Waals surface area contributed by atoms with Crippen LogP contribution in [0.15, 0.2) is 24.3 Å². The molecule has 0 unspecified atom stereocenters. The van der Waals surface area contributed by atoms with Gasteiger partial charge in [0.05, 0.1) is 6.42 Å². The highest BCUT2D eigenvalue weighted by molar-refractivity contribution is 5.95. The Morgan fingerprint density at radius 2 is 1.76 bits per heavy atom. The Bertz CT molecular complexity index is 393. The Hall–Kier alpha value is -1.64. The number of hydrogen-bond acceptors (Lipinski definition) is 2. The molecule has 3 nitrogen and oxygen atoms in total. The maximum atomic E-state index is 11.5. The molecular formula is C14H19NO2. The van der Waals surface area contributed by atoms with Crippen molar-refractivity contribution in [2.24, 2.45) is 0 Å². The molecule has 1 amide bonds. The van der Waals surface area contributed by atoms with Gasteiger partial charge in [-0.25, -0.2) is 0 Å². The van der Waals surface area contributed by atoms with E-state index in [2.05, 4.69) is 5.32 Å². The van der Waals surface area contributed by atoms with Crippen molar-refractivity contribution in [2.45, 2.75) is 39.7 Å². The molecular weight excluding hydrogens is 214 g/mol. The normalized spacial score (nSPS) is 10.4. The number of amides is 1. The Labute approximate surface area is 102 Å². The molecule has 1 rings (SSSR count). The summed E-state index contributed by atoms with van der Waals surface area (Å²) in [6.45, 7) is 5.70.